The summed E-state index contributed by atoms with van der Waals surface area (Å²) in [5.41, 5.74) is 0. The summed E-state index contributed by atoms with van der Waals surface area (Å²) >= 11 is 3.22. The fourth-order valence-electron chi connectivity index (χ4n) is 1.11. The summed E-state index contributed by atoms with van der Waals surface area (Å²) in [7, 11) is 0. The zero-order valence-electron chi connectivity index (χ0n) is 8.43. The Balaban J connectivity index is 1.76. The van der Waals surface area contributed by atoms with E-state index < -0.39 is 0 Å². The Hall–Kier alpha value is -0.0900. The molecule has 0 heterocycles. The number of carbonyl (C=O) groups is 1. The van der Waals surface area contributed by atoms with E-state index in [2.05, 4.69) is 21.2 Å². The number of nitrogens with one attached hydrogen (secondary N) is 1. The Kier molecular flexibility index (Phi) is 6.19. The van der Waals surface area contributed by atoms with Crippen LogP contribution < -0.4 is 5.32 Å². The second kappa shape index (κ2) is 7.23. The Bertz CT molecular complexity index is 172. The van der Waals surface area contributed by atoms with Crippen LogP contribution in [0.2, 0.25) is 0 Å². The lowest BCUT2D eigenvalue weighted by atomic mass is 10.4. The van der Waals surface area contributed by atoms with Crippen LogP contribution in [-0.2, 0) is 9.53 Å². The molecule has 1 aliphatic rings. The Morgan fingerprint density at radius 2 is 2.29 bits per heavy atom. The minimum absolute atomic E-state index is 0.115. The molecule has 1 N–H and O–H groups in total. The lowest BCUT2D eigenvalue weighted by molar-refractivity contribution is -0.120. The van der Waals surface area contributed by atoms with E-state index in [9.17, 15) is 4.79 Å². The van der Waals surface area contributed by atoms with Gasteiger partial charge in [-0.2, -0.15) is 0 Å². The first-order valence-corrected chi connectivity index (χ1v) is 6.35. The van der Waals surface area contributed by atoms with Gasteiger partial charge in [-0.25, -0.2) is 0 Å². The van der Waals surface area contributed by atoms with Gasteiger partial charge in [0.25, 0.3) is 0 Å². The van der Waals surface area contributed by atoms with Gasteiger partial charge >= 0.3 is 0 Å². The van der Waals surface area contributed by atoms with Crippen molar-refractivity contribution in [2.75, 3.05) is 25.1 Å². The summed E-state index contributed by atoms with van der Waals surface area (Å²) < 4.78 is 5.44. The van der Waals surface area contributed by atoms with Gasteiger partial charge in [-0.1, -0.05) is 15.9 Å². The molecule has 0 aliphatic heterocycles. The van der Waals surface area contributed by atoms with Gasteiger partial charge in [0.05, 0.1) is 0 Å². The molecule has 0 bridgehead atoms. The van der Waals surface area contributed by atoms with E-state index in [1.807, 2.05) is 0 Å². The van der Waals surface area contributed by atoms with Gasteiger partial charge in [0.1, 0.15) is 0 Å². The third-order valence-electron chi connectivity index (χ3n) is 2.16. The molecule has 14 heavy (non-hydrogen) atoms. The highest BCUT2D eigenvalue weighted by molar-refractivity contribution is 9.09. The first-order chi connectivity index (χ1) is 6.83. The van der Waals surface area contributed by atoms with Crippen LogP contribution in [0.4, 0.5) is 0 Å². The zero-order chi connectivity index (χ0) is 10.2. The van der Waals surface area contributed by atoms with E-state index in [4.69, 9.17) is 4.74 Å². The second-order valence-electron chi connectivity index (χ2n) is 3.66. The van der Waals surface area contributed by atoms with Crippen molar-refractivity contribution in [3.05, 3.63) is 0 Å². The highest BCUT2D eigenvalue weighted by Gasteiger charge is 2.20. The predicted molar refractivity (Wildman–Crippen MR) is 59.6 cm³/mol. The highest BCUT2D eigenvalue weighted by atomic mass is 79.9. The van der Waals surface area contributed by atoms with Gasteiger partial charge in [0, 0.05) is 31.5 Å². The normalized spacial score (nSPS) is 15.5. The van der Waals surface area contributed by atoms with E-state index in [-0.39, 0.29) is 5.91 Å². The van der Waals surface area contributed by atoms with Gasteiger partial charge in [-0.15, -0.1) is 0 Å². The predicted octanol–water partition coefficient (Wildman–Crippen LogP) is 1.70. The molecule has 82 valence electrons. The molecule has 0 unspecified atom stereocenters. The van der Waals surface area contributed by atoms with Gasteiger partial charge in [-0.05, 0) is 25.2 Å². The van der Waals surface area contributed by atoms with Crippen molar-refractivity contribution in [1.29, 1.82) is 0 Å². The fraction of sp³-hybridized carbons (Fsp3) is 0.900. The van der Waals surface area contributed by atoms with E-state index in [0.29, 0.717) is 6.42 Å². The smallest absolute Gasteiger partial charge is 0.220 e. The standard InChI is InChI=1S/C10H18BrNO2/c11-5-4-10(13)12-6-1-7-14-8-9-2-3-9/h9H,1-8H2,(H,12,13). The summed E-state index contributed by atoms with van der Waals surface area (Å²) in [6.45, 7) is 2.41. The molecule has 0 saturated heterocycles. The van der Waals surface area contributed by atoms with Gasteiger partial charge in [0.15, 0.2) is 0 Å². The number of amides is 1. The number of hydrogen-bond acceptors (Lipinski definition) is 2. The van der Waals surface area contributed by atoms with Crippen molar-refractivity contribution >= 4 is 21.8 Å². The third kappa shape index (κ3) is 6.38. The van der Waals surface area contributed by atoms with E-state index >= 15 is 0 Å². The molecule has 0 aromatic carbocycles. The van der Waals surface area contributed by atoms with Crippen LogP contribution in [0.5, 0.6) is 0 Å². The molecule has 1 aliphatic carbocycles. The van der Waals surface area contributed by atoms with Crippen LogP contribution in [0.3, 0.4) is 0 Å². The Morgan fingerprint density at radius 3 is 2.93 bits per heavy atom. The summed E-state index contributed by atoms with van der Waals surface area (Å²) in [5.74, 6) is 0.946. The molecule has 0 aromatic heterocycles. The van der Waals surface area contributed by atoms with Crippen LogP contribution in [0.25, 0.3) is 0 Å². The quantitative estimate of drug-likeness (QED) is 0.535. The average Bonchev–Trinajstić information content (AvgIpc) is 2.95. The summed E-state index contributed by atoms with van der Waals surface area (Å²) in [5, 5.41) is 3.57. The van der Waals surface area contributed by atoms with Gasteiger partial charge in [-0.3, -0.25) is 4.79 Å². The average molecular weight is 264 g/mol. The maximum atomic E-state index is 11.0. The third-order valence-corrected chi connectivity index (χ3v) is 2.56. The van der Waals surface area contributed by atoms with Crippen LogP contribution in [0.15, 0.2) is 0 Å². The molecule has 4 heteroatoms. The number of carbonyl (C=O) groups excluding carboxylic acids is 1. The van der Waals surface area contributed by atoms with E-state index in [1.165, 1.54) is 12.8 Å². The molecule has 1 fully saturated rings. The molecule has 1 rings (SSSR count). The molecule has 1 saturated carbocycles. The molecule has 0 atom stereocenters. The lowest BCUT2D eigenvalue weighted by Crippen LogP contribution is -2.25. The van der Waals surface area contributed by atoms with Gasteiger partial charge < -0.3 is 10.1 Å². The monoisotopic (exact) mass is 263 g/mol. The highest BCUT2D eigenvalue weighted by Crippen LogP contribution is 2.28. The van der Waals surface area contributed by atoms with Crippen molar-refractivity contribution in [3.63, 3.8) is 0 Å². The number of rotatable bonds is 8. The van der Waals surface area contributed by atoms with Crippen LogP contribution in [0, 0.1) is 5.92 Å². The zero-order valence-corrected chi connectivity index (χ0v) is 10.0. The van der Waals surface area contributed by atoms with Crippen molar-refractivity contribution in [2.45, 2.75) is 25.7 Å². The van der Waals surface area contributed by atoms with Gasteiger partial charge in [0.2, 0.25) is 5.91 Å². The SMILES string of the molecule is O=C(CCBr)NCCCOCC1CC1. The van der Waals surface area contributed by atoms with Crippen LogP contribution >= 0.6 is 15.9 Å². The van der Waals surface area contributed by atoms with E-state index in [1.54, 1.807) is 0 Å². The number of alkyl halides is 1. The lowest BCUT2D eigenvalue weighted by Gasteiger charge is -2.04. The maximum absolute atomic E-state index is 11.0. The maximum Gasteiger partial charge on any atom is 0.220 e. The number of hydrogen-bond donors (Lipinski definition) is 1. The van der Waals surface area contributed by atoms with Crippen molar-refractivity contribution < 1.29 is 9.53 Å². The first kappa shape index (κ1) is 12.0. The fourth-order valence-corrected chi connectivity index (χ4v) is 1.47. The minimum Gasteiger partial charge on any atom is -0.381 e. The molecule has 0 spiro atoms. The molecule has 0 aromatic rings. The largest absolute Gasteiger partial charge is 0.381 e. The van der Waals surface area contributed by atoms with Crippen molar-refractivity contribution in [2.24, 2.45) is 5.92 Å². The molecule has 0 radical (unpaired) electrons. The van der Waals surface area contributed by atoms with E-state index in [0.717, 1.165) is 37.4 Å². The topological polar surface area (TPSA) is 38.3 Å². The minimum atomic E-state index is 0.115. The molecular weight excluding hydrogens is 246 g/mol. The Morgan fingerprint density at radius 1 is 1.50 bits per heavy atom. The first-order valence-electron chi connectivity index (χ1n) is 5.23. The summed E-state index contributed by atoms with van der Waals surface area (Å²) in [4.78, 5) is 11.0. The molecule has 3 nitrogen and oxygen atoms in total. The Labute approximate surface area is 93.7 Å². The van der Waals surface area contributed by atoms with Crippen molar-refractivity contribution in [1.82, 2.24) is 5.32 Å². The summed E-state index contributed by atoms with van der Waals surface area (Å²) in [6, 6.07) is 0. The molecular formula is C10H18BrNO2. The van der Waals surface area contributed by atoms with Crippen LogP contribution in [-0.4, -0.2) is 31.0 Å². The van der Waals surface area contributed by atoms with Crippen molar-refractivity contribution in [3.8, 4) is 0 Å². The number of ether oxygens (including phenoxy) is 1. The van der Waals surface area contributed by atoms with Crippen LogP contribution in [0.1, 0.15) is 25.7 Å². The number of halogens is 1. The second-order valence-corrected chi connectivity index (χ2v) is 4.45. The molecule has 1 amide bonds. The summed E-state index contributed by atoms with van der Waals surface area (Å²) in [6.07, 6.45) is 4.15.